The van der Waals surface area contributed by atoms with Crippen LogP contribution in [0.4, 0.5) is 0 Å². The van der Waals surface area contributed by atoms with E-state index >= 15 is 0 Å². The Hall–Kier alpha value is -2.00. The molecule has 0 saturated heterocycles. The molecule has 0 fully saturated rings. The highest BCUT2D eigenvalue weighted by atomic mass is 79.9. The molecule has 0 bridgehead atoms. The molecular weight excluding hydrogens is 314 g/mol. The van der Waals surface area contributed by atoms with Gasteiger partial charge in [-0.25, -0.2) is 0 Å². The second kappa shape index (κ2) is 5.17. The lowest BCUT2D eigenvalue weighted by atomic mass is 9.96. The van der Waals surface area contributed by atoms with Crippen molar-refractivity contribution in [3.05, 3.63) is 76.0 Å². The van der Waals surface area contributed by atoms with Gasteiger partial charge in [0, 0.05) is 33.4 Å². The van der Waals surface area contributed by atoms with Crippen molar-refractivity contribution in [2.24, 2.45) is 0 Å². The summed E-state index contributed by atoms with van der Waals surface area (Å²) in [6.07, 6.45) is 3.48. The molecule has 2 aromatic carbocycles. The molecular formula is C17H12BrNO. The summed E-state index contributed by atoms with van der Waals surface area (Å²) >= 11 is 3.47. The topological polar surface area (TPSA) is 30.0 Å². The first-order valence-corrected chi connectivity index (χ1v) is 7.10. The van der Waals surface area contributed by atoms with E-state index in [9.17, 15) is 4.79 Å². The predicted molar refractivity (Wildman–Crippen MR) is 84.1 cm³/mol. The number of hydrogen-bond acceptors (Lipinski definition) is 2. The molecule has 1 heterocycles. The summed E-state index contributed by atoms with van der Waals surface area (Å²) in [5.74, 6) is 0.0300. The van der Waals surface area contributed by atoms with E-state index in [0.29, 0.717) is 5.56 Å². The van der Waals surface area contributed by atoms with Crippen LogP contribution in [-0.2, 0) is 0 Å². The summed E-state index contributed by atoms with van der Waals surface area (Å²) in [5, 5.41) is 1.91. The van der Waals surface area contributed by atoms with Crippen LogP contribution in [0.5, 0.6) is 0 Å². The number of rotatable bonds is 2. The molecule has 0 aliphatic rings. The predicted octanol–water partition coefficient (Wildman–Crippen LogP) is 4.54. The fraction of sp³-hybridized carbons (Fsp3) is 0.0588. The van der Waals surface area contributed by atoms with Crippen molar-refractivity contribution in [2.45, 2.75) is 6.92 Å². The molecule has 0 aliphatic heterocycles. The van der Waals surface area contributed by atoms with E-state index in [2.05, 4.69) is 20.9 Å². The Morgan fingerprint density at radius 3 is 2.65 bits per heavy atom. The Morgan fingerprint density at radius 1 is 1.05 bits per heavy atom. The van der Waals surface area contributed by atoms with Crippen molar-refractivity contribution in [2.75, 3.05) is 0 Å². The summed E-state index contributed by atoms with van der Waals surface area (Å²) in [6.45, 7) is 1.95. The van der Waals surface area contributed by atoms with Gasteiger partial charge in [0.15, 0.2) is 5.78 Å². The van der Waals surface area contributed by atoms with Gasteiger partial charge in [0.1, 0.15) is 0 Å². The third-order valence-corrected chi connectivity index (χ3v) is 4.30. The van der Waals surface area contributed by atoms with E-state index in [0.717, 1.165) is 26.4 Å². The number of ketones is 1. The fourth-order valence-electron chi connectivity index (χ4n) is 2.31. The van der Waals surface area contributed by atoms with Crippen molar-refractivity contribution in [1.82, 2.24) is 4.98 Å². The lowest BCUT2D eigenvalue weighted by Crippen LogP contribution is -2.05. The summed E-state index contributed by atoms with van der Waals surface area (Å²) < 4.78 is 0.946. The maximum atomic E-state index is 12.8. The second-order valence-corrected chi connectivity index (χ2v) is 5.50. The summed E-state index contributed by atoms with van der Waals surface area (Å²) in [7, 11) is 0. The number of carbonyl (C=O) groups excluding carboxylic acids is 1. The zero-order chi connectivity index (χ0) is 14.1. The number of hydrogen-bond donors (Lipinski definition) is 0. The summed E-state index contributed by atoms with van der Waals surface area (Å²) in [4.78, 5) is 16.9. The summed E-state index contributed by atoms with van der Waals surface area (Å²) in [6, 6.07) is 13.3. The highest BCUT2D eigenvalue weighted by Crippen LogP contribution is 2.25. The lowest BCUT2D eigenvalue weighted by molar-refractivity contribution is 0.103. The molecule has 0 aliphatic carbocycles. The molecule has 98 valence electrons. The molecule has 0 amide bonds. The maximum Gasteiger partial charge on any atom is 0.194 e. The van der Waals surface area contributed by atoms with Crippen molar-refractivity contribution >= 4 is 32.5 Å². The standard InChI is InChI=1S/C17H12BrNO/c1-11-13(5-3-7-16(11)18)17(20)14-6-2-4-12-8-9-19-10-15(12)14/h2-10H,1H3. The van der Waals surface area contributed by atoms with Gasteiger partial charge in [0.2, 0.25) is 0 Å². The number of halogens is 1. The molecule has 0 unspecified atom stereocenters. The highest BCUT2D eigenvalue weighted by Gasteiger charge is 2.15. The van der Waals surface area contributed by atoms with Crippen molar-refractivity contribution in [1.29, 1.82) is 0 Å². The Labute approximate surface area is 125 Å². The van der Waals surface area contributed by atoms with Gasteiger partial charge < -0.3 is 0 Å². The quantitative estimate of drug-likeness (QED) is 0.647. The van der Waals surface area contributed by atoms with E-state index in [1.54, 1.807) is 12.4 Å². The van der Waals surface area contributed by atoms with Crippen LogP contribution in [0, 0.1) is 6.92 Å². The van der Waals surface area contributed by atoms with Gasteiger partial charge in [-0.3, -0.25) is 9.78 Å². The Morgan fingerprint density at radius 2 is 1.80 bits per heavy atom. The van der Waals surface area contributed by atoms with E-state index in [1.165, 1.54) is 0 Å². The van der Waals surface area contributed by atoms with Gasteiger partial charge >= 0.3 is 0 Å². The number of benzene rings is 2. The zero-order valence-electron chi connectivity index (χ0n) is 10.9. The monoisotopic (exact) mass is 325 g/mol. The number of aromatic nitrogens is 1. The van der Waals surface area contributed by atoms with Crippen LogP contribution in [0.15, 0.2) is 59.3 Å². The Balaban J connectivity index is 2.21. The Kier molecular flexibility index (Phi) is 3.36. The second-order valence-electron chi connectivity index (χ2n) is 4.64. The average Bonchev–Trinajstić information content (AvgIpc) is 2.49. The van der Waals surface area contributed by atoms with Crippen LogP contribution in [0.25, 0.3) is 10.8 Å². The third kappa shape index (κ3) is 2.14. The minimum Gasteiger partial charge on any atom is -0.289 e. The SMILES string of the molecule is Cc1c(Br)cccc1C(=O)c1cccc2ccncc12. The molecule has 2 nitrogen and oxygen atoms in total. The molecule has 20 heavy (non-hydrogen) atoms. The first-order chi connectivity index (χ1) is 9.68. The molecule has 0 atom stereocenters. The summed E-state index contributed by atoms with van der Waals surface area (Å²) in [5.41, 5.74) is 2.37. The number of fused-ring (bicyclic) bond motifs is 1. The van der Waals surface area contributed by atoms with Crippen LogP contribution in [0.1, 0.15) is 21.5 Å². The third-order valence-electron chi connectivity index (χ3n) is 3.44. The number of carbonyl (C=O) groups is 1. The minimum atomic E-state index is 0.0300. The van der Waals surface area contributed by atoms with Crippen molar-refractivity contribution in [3.63, 3.8) is 0 Å². The molecule has 0 N–H and O–H groups in total. The minimum absolute atomic E-state index is 0.0300. The van der Waals surface area contributed by atoms with E-state index in [1.807, 2.05) is 49.4 Å². The van der Waals surface area contributed by atoms with Gasteiger partial charge in [-0.2, -0.15) is 0 Å². The molecule has 1 aromatic heterocycles. The van der Waals surface area contributed by atoms with Crippen LogP contribution < -0.4 is 0 Å². The van der Waals surface area contributed by atoms with Gasteiger partial charge in [-0.1, -0.05) is 46.3 Å². The molecule has 0 radical (unpaired) electrons. The fourth-order valence-corrected chi connectivity index (χ4v) is 2.68. The van der Waals surface area contributed by atoms with E-state index < -0.39 is 0 Å². The molecule has 3 heteroatoms. The molecule has 3 rings (SSSR count). The van der Waals surface area contributed by atoms with Crippen LogP contribution >= 0.6 is 15.9 Å². The largest absolute Gasteiger partial charge is 0.289 e. The van der Waals surface area contributed by atoms with Crippen molar-refractivity contribution < 1.29 is 4.79 Å². The molecule has 0 spiro atoms. The van der Waals surface area contributed by atoms with Crippen LogP contribution in [-0.4, -0.2) is 10.8 Å². The van der Waals surface area contributed by atoms with Crippen molar-refractivity contribution in [3.8, 4) is 0 Å². The van der Waals surface area contributed by atoms with E-state index in [-0.39, 0.29) is 5.78 Å². The molecule has 0 saturated carbocycles. The zero-order valence-corrected chi connectivity index (χ0v) is 12.5. The Bertz CT molecular complexity index is 806. The van der Waals surface area contributed by atoms with Gasteiger partial charge in [-0.15, -0.1) is 0 Å². The van der Waals surface area contributed by atoms with Gasteiger partial charge in [0.25, 0.3) is 0 Å². The van der Waals surface area contributed by atoms with Gasteiger partial charge in [0.05, 0.1) is 0 Å². The van der Waals surface area contributed by atoms with Crippen LogP contribution in [0.2, 0.25) is 0 Å². The van der Waals surface area contributed by atoms with Crippen LogP contribution in [0.3, 0.4) is 0 Å². The lowest BCUT2D eigenvalue weighted by Gasteiger charge is -2.09. The first kappa shape index (κ1) is 13.0. The maximum absolute atomic E-state index is 12.8. The number of pyridine rings is 1. The smallest absolute Gasteiger partial charge is 0.194 e. The first-order valence-electron chi connectivity index (χ1n) is 6.31. The average molecular weight is 326 g/mol. The van der Waals surface area contributed by atoms with Gasteiger partial charge in [-0.05, 0) is 30.0 Å². The van der Waals surface area contributed by atoms with E-state index in [4.69, 9.17) is 0 Å². The normalized spacial score (nSPS) is 10.7. The number of nitrogens with zero attached hydrogens (tertiary/aromatic N) is 1. The molecule has 3 aromatic rings. The highest BCUT2D eigenvalue weighted by molar-refractivity contribution is 9.10.